The molecule has 0 bridgehead atoms. The minimum atomic E-state index is -5.00. The molecule has 4 nitrogen and oxygen atoms in total. The smallest absolute Gasteiger partial charge is 0.426 e. The summed E-state index contributed by atoms with van der Waals surface area (Å²) in [7, 11) is 1.51. The number of likely N-dealkylation sites (N-methyl/N-ethyl adjacent to an activating group) is 1. The third-order valence-corrected chi connectivity index (χ3v) is 4.48. The average Bonchev–Trinajstić information content (AvgIpc) is 2.60. The first kappa shape index (κ1) is 20.0. The maximum atomic E-state index is 13.0. The number of anilines is 1. The number of hydrogen-bond acceptors (Lipinski definition) is 2. The molecule has 1 heterocycles. The average molecular weight is 405 g/mol. The van der Waals surface area contributed by atoms with Crippen molar-refractivity contribution in [2.75, 3.05) is 25.5 Å². The summed E-state index contributed by atoms with van der Waals surface area (Å²) in [5, 5.41) is 2.20. The molecule has 2 aromatic carbocycles. The largest absolute Gasteiger partial charge is 0.481 e. The van der Waals surface area contributed by atoms with Gasteiger partial charge in [-0.05, 0) is 24.3 Å². The molecule has 1 aliphatic rings. The molecule has 0 spiro atoms. The lowest BCUT2D eigenvalue weighted by Gasteiger charge is -2.35. The second kappa shape index (κ2) is 6.69. The van der Waals surface area contributed by atoms with Crippen molar-refractivity contribution in [1.29, 1.82) is 0 Å². The fourth-order valence-corrected chi connectivity index (χ4v) is 2.93. The van der Waals surface area contributed by atoms with Crippen molar-refractivity contribution >= 4 is 17.4 Å². The van der Waals surface area contributed by atoms with Crippen molar-refractivity contribution in [3.8, 4) is 5.75 Å². The van der Waals surface area contributed by atoms with Crippen LogP contribution in [0.2, 0.25) is 0 Å². The van der Waals surface area contributed by atoms with E-state index in [1.807, 2.05) is 0 Å². The number of urea groups is 1. The second-order valence-corrected chi connectivity index (χ2v) is 6.46. The zero-order valence-electron chi connectivity index (χ0n) is 14.5. The number of benzene rings is 2. The van der Waals surface area contributed by atoms with Gasteiger partial charge in [0.15, 0.2) is 11.4 Å². The third-order valence-electron chi connectivity index (χ3n) is 4.48. The van der Waals surface area contributed by atoms with Gasteiger partial charge in [0.1, 0.15) is 13.2 Å². The van der Waals surface area contributed by atoms with Crippen LogP contribution in [0.5, 0.6) is 5.75 Å². The molecule has 1 N–H and O–H groups in total. The van der Waals surface area contributed by atoms with E-state index in [-0.39, 0.29) is 23.7 Å². The number of nitrogens with zero attached hydrogens (tertiary/aromatic N) is 1. The van der Waals surface area contributed by atoms with E-state index in [0.717, 1.165) is 0 Å². The monoisotopic (exact) mass is 405 g/mol. The van der Waals surface area contributed by atoms with E-state index in [9.17, 15) is 31.1 Å². The van der Waals surface area contributed by atoms with Crippen molar-refractivity contribution in [2.45, 2.75) is 12.4 Å². The van der Waals surface area contributed by atoms with E-state index < -0.39 is 35.2 Å². The van der Waals surface area contributed by atoms with Crippen LogP contribution in [0.3, 0.4) is 0 Å². The minimum Gasteiger partial charge on any atom is -0.481 e. The Balaban J connectivity index is 1.99. The molecule has 150 valence electrons. The predicted molar refractivity (Wildman–Crippen MR) is 90.0 cm³/mol. The van der Waals surface area contributed by atoms with E-state index in [1.165, 1.54) is 7.05 Å². The van der Waals surface area contributed by atoms with Gasteiger partial charge in [-0.15, -0.1) is 0 Å². The van der Waals surface area contributed by atoms with Gasteiger partial charge in [0.25, 0.3) is 0 Å². The van der Waals surface area contributed by atoms with Crippen molar-refractivity contribution in [2.24, 2.45) is 0 Å². The molecule has 0 radical (unpaired) electrons. The normalized spacial score (nSPS) is 19.5. The Morgan fingerprint density at radius 3 is 2.14 bits per heavy atom. The number of amides is 2. The number of ether oxygens (including phenoxy) is 1. The number of quaternary nitrogens is 1. The van der Waals surface area contributed by atoms with E-state index in [2.05, 4.69) is 5.32 Å². The first-order chi connectivity index (χ1) is 12.9. The third kappa shape index (κ3) is 3.77. The Morgan fingerprint density at radius 2 is 1.57 bits per heavy atom. The zero-order chi connectivity index (χ0) is 20.7. The van der Waals surface area contributed by atoms with Gasteiger partial charge in [-0.2, -0.15) is 26.3 Å². The summed E-state index contributed by atoms with van der Waals surface area (Å²) in [6, 6.07) is 6.78. The highest BCUT2D eigenvalue weighted by Crippen LogP contribution is 2.39. The number of alkyl halides is 6. The van der Waals surface area contributed by atoms with E-state index in [0.29, 0.717) is 23.6 Å². The standard InChI is InChI=1S/C18H14F6N2O2/c1-26(6-7-28-15-5-3-2-4-14(15)26)16(27)25-13-9-11(17(19,20)21)8-12(10-13)18(22,23)24/h2-5,8-10H,6-7H2,1H3/p+1. The number of rotatable bonds is 1. The van der Waals surface area contributed by atoms with Crippen molar-refractivity contribution in [1.82, 2.24) is 4.48 Å². The summed E-state index contributed by atoms with van der Waals surface area (Å²) in [6.45, 7) is 0.325. The highest BCUT2D eigenvalue weighted by molar-refractivity contribution is 5.98. The SMILES string of the molecule is C[N+]1(C(=O)Nc2cc(C(F)(F)F)cc(C(F)(F)F)c2)CCOc2ccccc21. The predicted octanol–water partition coefficient (Wildman–Crippen LogP) is 5.29. The molecule has 0 aromatic heterocycles. The Labute approximate surface area is 155 Å². The van der Waals surface area contributed by atoms with Crippen LogP contribution in [0.25, 0.3) is 0 Å². The molecule has 3 rings (SSSR count). The number of nitrogens with one attached hydrogen (secondary N) is 1. The Bertz CT molecular complexity index is 877. The summed E-state index contributed by atoms with van der Waals surface area (Å²) in [5.41, 5.74) is -3.13. The fourth-order valence-electron chi connectivity index (χ4n) is 2.93. The molecule has 1 unspecified atom stereocenters. The fraction of sp³-hybridized carbons (Fsp3) is 0.278. The van der Waals surface area contributed by atoms with E-state index >= 15 is 0 Å². The quantitative estimate of drug-likeness (QED) is 0.518. The van der Waals surface area contributed by atoms with Crippen molar-refractivity contribution < 1.29 is 35.9 Å². The second-order valence-electron chi connectivity index (χ2n) is 6.46. The molecule has 0 saturated carbocycles. The van der Waals surface area contributed by atoms with Crippen molar-refractivity contribution in [3.05, 3.63) is 53.6 Å². The molecular formula is C18H15F6N2O2+. The molecule has 1 aliphatic heterocycles. The topological polar surface area (TPSA) is 38.3 Å². The Kier molecular flexibility index (Phi) is 4.78. The summed E-state index contributed by atoms with van der Waals surface area (Å²) in [4.78, 5) is 12.8. The molecule has 1 atom stereocenters. The van der Waals surface area contributed by atoms with Crippen LogP contribution >= 0.6 is 0 Å². The molecule has 10 heteroatoms. The lowest BCUT2D eigenvalue weighted by molar-refractivity contribution is -0.143. The molecule has 2 aromatic rings. The molecule has 2 amide bonds. The molecule has 0 saturated heterocycles. The van der Waals surface area contributed by atoms with Gasteiger partial charge in [-0.1, -0.05) is 12.1 Å². The van der Waals surface area contributed by atoms with Crippen LogP contribution in [-0.4, -0.2) is 26.2 Å². The Hall–Kier alpha value is -2.75. The van der Waals surface area contributed by atoms with E-state index in [4.69, 9.17) is 4.74 Å². The number of fused-ring (bicyclic) bond motifs is 1. The van der Waals surface area contributed by atoms with Crippen LogP contribution in [0, 0.1) is 0 Å². The first-order valence-corrected chi connectivity index (χ1v) is 8.10. The molecule has 0 aliphatic carbocycles. The number of para-hydroxylation sites is 2. The molecule has 0 fully saturated rings. The Morgan fingerprint density at radius 1 is 1.00 bits per heavy atom. The van der Waals surface area contributed by atoms with Crippen LogP contribution in [0.1, 0.15) is 11.1 Å². The van der Waals surface area contributed by atoms with Gasteiger partial charge in [-0.3, -0.25) is 5.32 Å². The summed E-state index contributed by atoms with van der Waals surface area (Å²) in [6.07, 6.45) is -9.99. The van der Waals surface area contributed by atoms with Crippen LogP contribution < -0.4 is 14.5 Å². The summed E-state index contributed by atoms with van der Waals surface area (Å²) < 4.78 is 83.1. The van der Waals surface area contributed by atoms with Gasteiger partial charge in [0.05, 0.1) is 18.2 Å². The van der Waals surface area contributed by atoms with Gasteiger partial charge < -0.3 is 4.74 Å². The zero-order valence-corrected chi connectivity index (χ0v) is 14.5. The molecule has 28 heavy (non-hydrogen) atoms. The number of carbonyl (C=O) groups excluding carboxylic acids is 1. The first-order valence-electron chi connectivity index (χ1n) is 8.10. The lowest BCUT2D eigenvalue weighted by Crippen LogP contribution is -2.57. The minimum absolute atomic E-state index is 0.00990. The van der Waals surface area contributed by atoms with Gasteiger partial charge in [-0.25, -0.2) is 9.28 Å². The number of carbonyl (C=O) groups is 1. The molecular weight excluding hydrogens is 390 g/mol. The van der Waals surface area contributed by atoms with Gasteiger partial charge >= 0.3 is 18.4 Å². The van der Waals surface area contributed by atoms with Gasteiger partial charge in [0, 0.05) is 11.8 Å². The van der Waals surface area contributed by atoms with Crippen LogP contribution in [0.15, 0.2) is 42.5 Å². The summed E-state index contributed by atoms with van der Waals surface area (Å²) >= 11 is 0. The highest BCUT2D eigenvalue weighted by Gasteiger charge is 2.41. The number of hydrogen-bond donors (Lipinski definition) is 1. The van der Waals surface area contributed by atoms with Gasteiger partial charge in [0.2, 0.25) is 0 Å². The summed E-state index contributed by atoms with van der Waals surface area (Å²) in [5.74, 6) is 0.423. The number of halogens is 6. The maximum absolute atomic E-state index is 13.0. The van der Waals surface area contributed by atoms with Crippen LogP contribution in [-0.2, 0) is 12.4 Å². The lowest BCUT2D eigenvalue weighted by atomic mass is 10.1. The van der Waals surface area contributed by atoms with E-state index in [1.54, 1.807) is 24.3 Å². The highest BCUT2D eigenvalue weighted by atomic mass is 19.4. The maximum Gasteiger partial charge on any atom is 0.426 e. The van der Waals surface area contributed by atoms with Crippen molar-refractivity contribution in [3.63, 3.8) is 0 Å². The van der Waals surface area contributed by atoms with Crippen LogP contribution in [0.4, 0.5) is 42.5 Å².